The molecule has 1 N–H and O–H groups in total. The first-order valence-electron chi connectivity index (χ1n) is 6.72. The molecule has 3 nitrogen and oxygen atoms in total. The maximum Gasteiger partial charge on any atom is 0.145 e. The summed E-state index contributed by atoms with van der Waals surface area (Å²) in [4.78, 5) is 0. The molecule has 100 valence electrons. The quantitative estimate of drug-likeness (QED) is 0.927. The van der Waals surface area contributed by atoms with Crippen LogP contribution in [0.2, 0.25) is 0 Å². The van der Waals surface area contributed by atoms with Crippen molar-refractivity contribution in [3.05, 3.63) is 65.7 Å². The van der Waals surface area contributed by atoms with E-state index in [0.29, 0.717) is 19.6 Å². The molecule has 0 amide bonds. The van der Waals surface area contributed by atoms with E-state index in [1.807, 2.05) is 42.5 Å². The summed E-state index contributed by atoms with van der Waals surface area (Å²) < 4.78 is 5.73. The molecular weight excluding hydrogens is 248 g/mol. The van der Waals surface area contributed by atoms with Crippen LogP contribution in [-0.4, -0.2) is 12.1 Å². The van der Waals surface area contributed by atoms with Gasteiger partial charge in [0.25, 0.3) is 0 Å². The summed E-state index contributed by atoms with van der Waals surface area (Å²) in [5.74, 6) is 0.889. The number of nitrogens with zero attached hydrogens (tertiary/aromatic N) is 1. The van der Waals surface area contributed by atoms with E-state index in [1.54, 1.807) is 0 Å². The molecule has 0 aliphatic carbocycles. The van der Waals surface area contributed by atoms with E-state index in [1.165, 1.54) is 5.56 Å². The molecule has 0 bridgehead atoms. The minimum atomic E-state index is -0.649. The highest BCUT2D eigenvalue weighted by molar-refractivity contribution is 5.39. The lowest BCUT2D eigenvalue weighted by Crippen LogP contribution is -2.52. The Balaban J connectivity index is 1.75. The zero-order valence-corrected chi connectivity index (χ0v) is 11.2. The molecule has 0 spiro atoms. The fourth-order valence-corrected chi connectivity index (χ4v) is 2.46. The first kappa shape index (κ1) is 12.7. The minimum absolute atomic E-state index is 0.382. The van der Waals surface area contributed by atoms with Crippen molar-refractivity contribution in [3.63, 3.8) is 0 Å². The summed E-state index contributed by atoms with van der Waals surface area (Å²) >= 11 is 0. The van der Waals surface area contributed by atoms with Gasteiger partial charge < -0.3 is 4.74 Å². The van der Waals surface area contributed by atoms with E-state index < -0.39 is 5.54 Å². The number of ether oxygens (including phenoxy) is 1. The van der Waals surface area contributed by atoms with Gasteiger partial charge in [0.15, 0.2) is 0 Å². The van der Waals surface area contributed by atoms with Crippen molar-refractivity contribution < 1.29 is 4.74 Å². The zero-order chi connectivity index (χ0) is 13.8. The number of nitriles is 1. The van der Waals surface area contributed by atoms with Gasteiger partial charge in [-0.15, -0.1) is 0 Å². The van der Waals surface area contributed by atoms with Crippen LogP contribution in [0, 0.1) is 11.3 Å². The van der Waals surface area contributed by atoms with Crippen molar-refractivity contribution in [2.45, 2.75) is 18.5 Å². The molecule has 1 heterocycles. The third-order valence-corrected chi connectivity index (χ3v) is 3.63. The Hall–Kier alpha value is -2.31. The number of rotatable bonds is 3. The fraction of sp³-hybridized carbons (Fsp3) is 0.235. The predicted molar refractivity (Wildman–Crippen MR) is 77.3 cm³/mol. The molecule has 1 aliphatic rings. The molecule has 0 radical (unpaired) electrons. The summed E-state index contributed by atoms with van der Waals surface area (Å²) in [5, 5.41) is 12.9. The van der Waals surface area contributed by atoms with Crippen LogP contribution in [0.25, 0.3) is 0 Å². The largest absolute Gasteiger partial charge is 0.490 e. The van der Waals surface area contributed by atoms with Crippen LogP contribution in [0.4, 0.5) is 0 Å². The van der Waals surface area contributed by atoms with Gasteiger partial charge in [-0.2, -0.15) is 5.26 Å². The van der Waals surface area contributed by atoms with Gasteiger partial charge in [0, 0.05) is 13.0 Å². The highest BCUT2D eigenvalue weighted by Crippen LogP contribution is 2.29. The molecule has 1 unspecified atom stereocenters. The molecule has 3 rings (SSSR count). The van der Waals surface area contributed by atoms with Crippen molar-refractivity contribution in [2.24, 2.45) is 0 Å². The van der Waals surface area contributed by atoms with Crippen LogP contribution in [-0.2, 0) is 13.0 Å². The molecule has 2 aromatic rings. The lowest BCUT2D eigenvalue weighted by molar-refractivity contribution is 0.195. The SMILES string of the molecule is N#CC1(NCc2ccccc2)COc2ccccc2C1. The van der Waals surface area contributed by atoms with Gasteiger partial charge in [0.2, 0.25) is 0 Å². The highest BCUT2D eigenvalue weighted by atomic mass is 16.5. The van der Waals surface area contributed by atoms with Gasteiger partial charge in [0.1, 0.15) is 17.9 Å². The van der Waals surface area contributed by atoms with Crippen molar-refractivity contribution in [1.82, 2.24) is 5.32 Å². The number of fused-ring (bicyclic) bond motifs is 1. The second-order valence-corrected chi connectivity index (χ2v) is 5.11. The first-order chi connectivity index (χ1) is 9.81. The van der Waals surface area contributed by atoms with Crippen LogP contribution in [0.15, 0.2) is 54.6 Å². The average Bonchev–Trinajstić information content (AvgIpc) is 2.54. The Morgan fingerprint density at radius 2 is 1.85 bits per heavy atom. The van der Waals surface area contributed by atoms with Gasteiger partial charge in [-0.05, 0) is 17.2 Å². The lowest BCUT2D eigenvalue weighted by Gasteiger charge is -2.33. The first-order valence-corrected chi connectivity index (χ1v) is 6.72. The van der Waals surface area contributed by atoms with Crippen molar-refractivity contribution >= 4 is 0 Å². The van der Waals surface area contributed by atoms with Crippen LogP contribution in [0.5, 0.6) is 5.75 Å². The normalized spacial score (nSPS) is 20.6. The molecule has 0 fully saturated rings. The minimum Gasteiger partial charge on any atom is -0.490 e. The Kier molecular flexibility index (Phi) is 3.41. The van der Waals surface area contributed by atoms with Crippen molar-refractivity contribution in [1.29, 1.82) is 5.26 Å². The Labute approximate surface area is 118 Å². The second kappa shape index (κ2) is 5.36. The molecule has 3 heteroatoms. The summed E-state index contributed by atoms with van der Waals surface area (Å²) in [5.41, 5.74) is 1.60. The van der Waals surface area contributed by atoms with Gasteiger partial charge in [0.05, 0.1) is 6.07 Å². The van der Waals surface area contributed by atoms with Crippen LogP contribution >= 0.6 is 0 Å². The molecule has 0 saturated heterocycles. The molecule has 20 heavy (non-hydrogen) atoms. The third kappa shape index (κ3) is 2.52. The van der Waals surface area contributed by atoms with E-state index in [0.717, 1.165) is 11.3 Å². The summed E-state index contributed by atoms with van der Waals surface area (Å²) in [6.45, 7) is 1.05. The van der Waals surface area contributed by atoms with E-state index in [9.17, 15) is 5.26 Å². The second-order valence-electron chi connectivity index (χ2n) is 5.11. The zero-order valence-electron chi connectivity index (χ0n) is 11.2. The summed E-state index contributed by atoms with van der Waals surface area (Å²) in [6.07, 6.45) is 0.673. The molecule has 1 aliphatic heterocycles. The van der Waals surface area contributed by atoms with E-state index in [2.05, 4.69) is 23.5 Å². The average molecular weight is 264 g/mol. The maximum atomic E-state index is 9.55. The van der Waals surface area contributed by atoms with Gasteiger partial charge in [-0.25, -0.2) is 0 Å². The number of nitrogens with one attached hydrogen (secondary N) is 1. The number of hydrogen-bond acceptors (Lipinski definition) is 3. The van der Waals surface area contributed by atoms with Crippen LogP contribution in [0.3, 0.4) is 0 Å². The van der Waals surface area contributed by atoms with E-state index >= 15 is 0 Å². The molecular formula is C17H16N2O. The topological polar surface area (TPSA) is 45.0 Å². The standard InChI is InChI=1S/C17H16N2O/c18-12-17(19-11-14-6-2-1-3-7-14)10-15-8-4-5-9-16(15)20-13-17/h1-9,19H,10-11,13H2. The Morgan fingerprint density at radius 1 is 1.10 bits per heavy atom. The molecule has 2 aromatic carbocycles. The molecule has 0 saturated carbocycles. The maximum absolute atomic E-state index is 9.55. The Morgan fingerprint density at radius 3 is 2.65 bits per heavy atom. The third-order valence-electron chi connectivity index (χ3n) is 3.63. The molecule has 0 aromatic heterocycles. The van der Waals surface area contributed by atoms with Gasteiger partial charge in [-0.1, -0.05) is 48.5 Å². The highest BCUT2D eigenvalue weighted by Gasteiger charge is 2.35. The number of hydrogen-bond donors (Lipinski definition) is 1. The van der Waals surface area contributed by atoms with Gasteiger partial charge in [-0.3, -0.25) is 5.32 Å². The van der Waals surface area contributed by atoms with Crippen molar-refractivity contribution in [2.75, 3.05) is 6.61 Å². The smallest absolute Gasteiger partial charge is 0.145 e. The van der Waals surface area contributed by atoms with Crippen molar-refractivity contribution in [3.8, 4) is 11.8 Å². The Bertz CT molecular complexity index is 633. The monoisotopic (exact) mass is 264 g/mol. The van der Waals surface area contributed by atoms with E-state index in [4.69, 9.17) is 4.74 Å². The summed E-state index contributed by atoms with van der Waals surface area (Å²) in [7, 11) is 0. The molecule has 1 atom stereocenters. The number of benzene rings is 2. The predicted octanol–water partition coefficient (Wildman–Crippen LogP) is 2.67. The van der Waals surface area contributed by atoms with E-state index in [-0.39, 0.29) is 0 Å². The van der Waals surface area contributed by atoms with Crippen LogP contribution < -0.4 is 10.1 Å². The van der Waals surface area contributed by atoms with Crippen LogP contribution in [0.1, 0.15) is 11.1 Å². The summed E-state index contributed by atoms with van der Waals surface area (Å²) in [6, 6.07) is 20.4. The lowest BCUT2D eigenvalue weighted by atomic mass is 9.90. The van der Waals surface area contributed by atoms with Gasteiger partial charge >= 0.3 is 0 Å². The number of para-hydroxylation sites is 1. The fourth-order valence-electron chi connectivity index (χ4n) is 2.46.